The van der Waals surface area contributed by atoms with E-state index in [9.17, 15) is 4.79 Å². The van der Waals surface area contributed by atoms with E-state index in [0.29, 0.717) is 31.0 Å². The Morgan fingerprint density at radius 3 is 2.90 bits per heavy atom. The van der Waals surface area contributed by atoms with Crippen molar-refractivity contribution >= 4 is 11.7 Å². The summed E-state index contributed by atoms with van der Waals surface area (Å²) in [5.74, 6) is 0.893. The third kappa shape index (κ3) is 2.35. The topological polar surface area (TPSA) is 116 Å². The van der Waals surface area contributed by atoms with Gasteiger partial charge in [-0.15, -0.1) is 0 Å². The second kappa shape index (κ2) is 5.52. The number of amidine groups is 1. The van der Waals surface area contributed by atoms with Gasteiger partial charge in [0, 0.05) is 12.4 Å². The summed E-state index contributed by atoms with van der Waals surface area (Å²) in [5.41, 5.74) is 4.85. The predicted octanol–water partition coefficient (Wildman–Crippen LogP) is 1.14. The zero-order valence-corrected chi connectivity index (χ0v) is 11.8. The molecule has 110 valence electrons. The molecule has 0 spiro atoms. The number of nitrogens with zero attached hydrogens (tertiary/aromatic N) is 2. The Morgan fingerprint density at radius 2 is 2.45 bits per heavy atom. The lowest BCUT2D eigenvalue weighted by Crippen LogP contribution is -2.57. The number of carbonyl (C=O) groups excluding carboxylic acids is 1. The van der Waals surface area contributed by atoms with Crippen molar-refractivity contribution in [1.82, 2.24) is 15.3 Å². The average Bonchev–Trinajstić information content (AvgIpc) is 2.93. The van der Waals surface area contributed by atoms with E-state index in [1.807, 2.05) is 13.8 Å². The lowest BCUT2D eigenvalue weighted by molar-refractivity contribution is -0.134. The summed E-state index contributed by atoms with van der Waals surface area (Å²) < 4.78 is 0. The van der Waals surface area contributed by atoms with E-state index in [0.717, 1.165) is 0 Å². The molecule has 5 N–H and O–H groups in total. The number of nitrogens with two attached hydrogens (primary N) is 1. The van der Waals surface area contributed by atoms with Crippen LogP contribution in [-0.2, 0) is 4.79 Å². The zero-order chi connectivity index (χ0) is 14.8. The van der Waals surface area contributed by atoms with Crippen molar-refractivity contribution in [1.29, 1.82) is 0 Å². The van der Waals surface area contributed by atoms with Gasteiger partial charge in [-0.05, 0) is 25.2 Å². The minimum atomic E-state index is -0.881. The Morgan fingerprint density at radius 1 is 1.75 bits per heavy atom. The van der Waals surface area contributed by atoms with E-state index in [1.54, 1.807) is 12.4 Å². The molecule has 1 aromatic heterocycles. The fourth-order valence-corrected chi connectivity index (χ4v) is 2.86. The monoisotopic (exact) mass is 279 g/mol. The molecule has 1 amide bonds. The van der Waals surface area contributed by atoms with Gasteiger partial charge in [0.15, 0.2) is 5.84 Å². The van der Waals surface area contributed by atoms with E-state index >= 15 is 0 Å². The molecule has 1 aliphatic rings. The maximum Gasteiger partial charge on any atom is 0.234 e. The maximum atomic E-state index is 12.5. The van der Waals surface area contributed by atoms with E-state index in [2.05, 4.69) is 20.4 Å². The van der Waals surface area contributed by atoms with Gasteiger partial charge in [-0.1, -0.05) is 19.0 Å². The van der Waals surface area contributed by atoms with Gasteiger partial charge in [-0.3, -0.25) is 4.79 Å². The molecule has 0 saturated heterocycles. The van der Waals surface area contributed by atoms with Gasteiger partial charge in [0.1, 0.15) is 11.2 Å². The highest BCUT2D eigenvalue weighted by Gasteiger charge is 2.52. The minimum absolute atomic E-state index is 0.0117. The van der Waals surface area contributed by atoms with E-state index in [-0.39, 0.29) is 17.8 Å². The molecule has 0 aliphatic heterocycles. The molecule has 1 unspecified atom stereocenters. The molecule has 0 radical (unpaired) electrons. The number of rotatable bonds is 5. The van der Waals surface area contributed by atoms with Crippen molar-refractivity contribution in [2.45, 2.75) is 39.2 Å². The van der Waals surface area contributed by atoms with Crippen LogP contribution in [0.25, 0.3) is 0 Å². The smallest absolute Gasteiger partial charge is 0.234 e. The molecular formula is C13H21N5O2. The Hall–Kier alpha value is -2.05. The first-order chi connectivity index (χ1) is 9.53. The SMILES string of the molecule is CCC(NC(=O)C1(/C(N)=N/O)CC(C)C1)c1ncc[nH]1. The average molecular weight is 279 g/mol. The maximum absolute atomic E-state index is 12.5. The van der Waals surface area contributed by atoms with Gasteiger partial charge >= 0.3 is 0 Å². The number of amides is 1. The number of aromatic nitrogens is 2. The van der Waals surface area contributed by atoms with Crippen molar-refractivity contribution < 1.29 is 10.0 Å². The summed E-state index contributed by atoms with van der Waals surface area (Å²) in [7, 11) is 0. The number of hydrogen-bond donors (Lipinski definition) is 4. The first kappa shape index (κ1) is 14.4. The second-order valence-electron chi connectivity index (χ2n) is 5.49. The molecule has 0 aromatic carbocycles. The molecule has 7 nitrogen and oxygen atoms in total. The highest BCUT2D eigenvalue weighted by molar-refractivity contribution is 6.07. The van der Waals surface area contributed by atoms with Crippen LogP contribution in [0.3, 0.4) is 0 Å². The lowest BCUT2D eigenvalue weighted by Gasteiger charge is -2.44. The van der Waals surface area contributed by atoms with Crippen molar-refractivity contribution in [2.75, 3.05) is 0 Å². The summed E-state index contributed by atoms with van der Waals surface area (Å²) >= 11 is 0. The third-order valence-corrected chi connectivity index (χ3v) is 3.99. The van der Waals surface area contributed by atoms with Crippen LogP contribution in [-0.4, -0.2) is 26.9 Å². The summed E-state index contributed by atoms with van der Waals surface area (Å²) in [6, 6.07) is -0.197. The number of carbonyl (C=O) groups is 1. The van der Waals surface area contributed by atoms with Crippen LogP contribution >= 0.6 is 0 Å². The molecule has 1 aliphatic carbocycles. The van der Waals surface area contributed by atoms with Crippen LogP contribution in [0.2, 0.25) is 0 Å². The zero-order valence-electron chi connectivity index (χ0n) is 11.8. The largest absolute Gasteiger partial charge is 0.409 e. The number of H-pyrrole nitrogens is 1. The van der Waals surface area contributed by atoms with Crippen LogP contribution < -0.4 is 11.1 Å². The molecule has 1 saturated carbocycles. The van der Waals surface area contributed by atoms with Gasteiger partial charge in [0.2, 0.25) is 5.91 Å². The van der Waals surface area contributed by atoms with Gasteiger partial charge < -0.3 is 21.2 Å². The van der Waals surface area contributed by atoms with Gasteiger partial charge in [-0.2, -0.15) is 0 Å². The number of imidazole rings is 1. The normalized spacial score (nSPS) is 27.7. The molecule has 2 rings (SSSR count). The molecule has 1 aromatic rings. The fourth-order valence-electron chi connectivity index (χ4n) is 2.86. The molecule has 20 heavy (non-hydrogen) atoms. The molecule has 0 bridgehead atoms. The van der Waals surface area contributed by atoms with Crippen molar-refractivity contribution in [3.8, 4) is 0 Å². The van der Waals surface area contributed by atoms with Crippen LogP contribution in [0.1, 0.15) is 45.0 Å². The molecule has 1 atom stereocenters. The molecule has 7 heteroatoms. The second-order valence-corrected chi connectivity index (χ2v) is 5.49. The Bertz CT molecular complexity index is 491. The van der Waals surface area contributed by atoms with E-state index in [1.165, 1.54) is 0 Å². The number of aromatic amines is 1. The van der Waals surface area contributed by atoms with E-state index in [4.69, 9.17) is 10.9 Å². The summed E-state index contributed by atoms with van der Waals surface area (Å²) in [4.78, 5) is 19.7. The quantitative estimate of drug-likeness (QED) is 0.280. The van der Waals surface area contributed by atoms with Gasteiger partial charge in [0.25, 0.3) is 0 Å². The first-order valence-electron chi connectivity index (χ1n) is 6.81. The Balaban J connectivity index is 2.13. The van der Waals surface area contributed by atoms with Crippen LogP contribution in [0, 0.1) is 11.3 Å². The van der Waals surface area contributed by atoms with Crippen molar-refractivity contribution in [2.24, 2.45) is 22.2 Å². The van der Waals surface area contributed by atoms with Crippen molar-refractivity contribution in [3.05, 3.63) is 18.2 Å². The summed E-state index contributed by atoms with van der Waals surface area (Å²) in [6.07, 6.45) is 5.28. The Labute approximate surface area is 117 Å². The predicted molar refractivity (Wildman–Crippen MR) is 74.0 cm³/mol. The number of hydrogen-bond acceptors (Lipinski definition) is 4. The first-order valence-corrected chi connectivity index (χ1v) is 6.81. The molecule has 1 heterocycles. The lowest BCUT2D eigenvalue weighted by atomic mass is 9.61. The number of oxime groups is 1. The van der Waals surface area contributed by atoms with Crippen LogP contribution in [0.4, 0.5) is 0 Å². The fraction of sp³-hybridized carbons (Fsp3) is 0.615. The van der Waals surface area contributed by atoms with E-state index < -0.39 is 5.41 Å². The third-order valence-electron chi connectivity index (χ3n) is 3.99. The molecular weight excluding hydrogens is 258 g/mol. The summed E-state index contributed by atoms with van der Waals surface area (Å²) in [5, 5.41) is 14.9. The van der Waals surface area contributed by atoms with Gasteiger partial charge in [0.05, 0.1) is 6.04 Å². The van der Waals surface area contributed by atoms with Gasteiger partial charge in [-0.25, -0.2) is 4.98 Å². The highest BCUT2D eigenvalue weighted by Crippen LogP contribution is 2.46. The van der Waals surface area contributed by atoms with Crippen LogP contribution in [0.15, 0.2) is 17.5 Å². The minimum Gasteiger partial charge on any atom is -0.409 e. The van der Waals surface area contributed by atoms with Crippen LogP contribution in [0.5, 0.6) is 0 Å². The highest BCUT2D eigenvalue weighted by atomic mass is 16.4. The van der Waals surface area contributed by atoms with Crippen molar-refractivity contribution in [3.63, 3.8) is 0 Å². The summed E-state index contributed by atoms with van der Waals surface area (Å²) in [6.45, 7) is 4.01. The molecule has 1 fully saturated rings. The number of nitrogens with one attached hydrogen (secondary N) is 2. The standard InChI is InChI=1S/C13H21N5O2/c1-3-9(10-15-4-5-16-10)17-12(19)13(11(14)18-20)6-8(2)7-13/h4-5,8-9,20H,3,6-7H2,1-2H3,(H2,14,18)(H,15,16)(H,17,19). The Kier molecular flexibility index (Phi) is 3.96.